The molecular weight excluding hydrogens is 214 g/mol. The highest BCUT2D eigenvalue weighted by Crippen LogP contribution is 2.35. The molecule has 1 unspecified atom stereocenters. The molecular formula is C14H25NO2. The lowest BCUT2D eigenvalue weighted by molar-refractivity contribution is -0.140. The fourth-order valence-electron chi connectivity index (χ4n) is 2.04. The molecule has 1 aliphatic rings. The summed E-state index contributed by atoms with van der Waals surface area (Å²) in [7, 11) is 0. The molecule has 0 saturated carbocycles. The Kier molecular flexibility index (Phi) is 3.70. The zero-order valence-corrected chi connectivity index (χ0v) is 12.0. The van der Waals surface area contributed by atoms with E-state index in [4.69, 9.17) is 0 Å². The van der Waals surface area contributed by atoms with Crippen LogP contribution in [0.2, 0.25) is 0 Å². The second-order valence-electron chi connectivity index (χ2n) is 7.32. The molecule has 1 aliphatic heterocycles. The second-order valence-corrected chi connectivity index (χ2v) is 7.32. The highest BCUT2D eigenvalue weighted by molar-refractivity contribution is 6.03. The van der Waals surface area contributed by atoms with Gasteiger partial charge in [-0.05, 0) is 17.3 Å². The van der Waals surface area contributed by atoms with E-state index in [1.165, 1.54) is 4.90 Å². The largest absolute Gasteiger partial charge is 0.282 e. The quantitative estimate of drug-likeness (QED) is 0.695. The van der Waals surface area contributed by atoms with Gasteiger partial charge in [0.1, 0.15) is 0 Å². The van der Waals surface area contributed by atoms with Crippen LogP contribution in [0, 0.1) is 16.7 Å². The fraction of sp³-hybridized carbons (Fsp3) is 0.857. The van der Waals surface area contributed by atoms with Crippen molar-refractivity contribution >= 4 is 11.8 Å². The van der Waals surface area contributed by atoms with Crippen LogP contribution in [0.4, 0.5) is 0 Å². The molecule has 1 fully saturated rings. The number of carbonyl (C=O) groups excluding carboxylic acids is 2. The van der Waals surface area contributed by atoms with Crippen LogP contribution in [0.5, 0.6) is 0 Å². The van der Waals surface area contributed by atoms with Crippen LogP contribution < -0.4 is 0 Å². The summed E-state index contributed by atoms with van der Waals surface area (Å²) in [6.45, 7) is 13.0. The maximum absolute atomic E-state index is 12.2. The average Bonchev–Trinajstić information content (AvgIpc) is 2.37. The van der Waals surface area contributed by atoms with Crippen LogP contribution in [0.15, 0.2) is 0 Å². The number of rotatable bonds is 2. The Labute approximate surface area is 105 Å². The van der Waals surface area contributed by atoms with E-state index in [-0.39, 0.29) is 28.6 Å². The van der Waals surface area contributed by atoms with E-state index in [1.54, 1.807) is 0 Å². The van der Waals surface area contributed by atoms with Crippen molar-refractivity contribution in [2.45, 2.75) is 54.4 Å². The first kappa shape index (κ1) is 14.2. The number of amides is 2. The molecule has 3 heteroatoms. The van der Waals surface area contributed by atoms with Crippen LogP contribution in [0.1, 0.15) is 54.4 Å². The van der Waals surface area contributed by atoms with Gasteiger partial charge < -0.3 is 0 Å². The SMILES string of the molecule is CC(C)(C)CCN1C(=O)CC(C(C)(C)C)C1=O. The highest BCUT2D eigenvalue weighted by atomic mass is 16.2. The van der Waals surface area contributed by atoms with Crippen LogP contribution in [0.25, 0.3) is 0 Å². The van der Waals surface area contributed by atoms with Crippen molar-refractivity contribution in [2.24, 2.45) is 16.7 Å². The summed E-state index contributed by atoms with van der Waals surface area (Å²) in [6.07, 6.45) is 1.24. The van der Waals surface area contributed by atoms with Gasteiger partial charge in [0.05, 0.1) is 5.92 Å². The van der Waals surface area contributed by atoms with E-state index in [1.807, 2.05) is 20.8 Å². The first-order valence-corrected chi connectivity index (χ1v) is 6.36. The smallest absolute Gasteiger partial charge is 0.233 e. The maximum Gasteiger partial charge on any atom is 0.233 e. The number of likely N-dealkylation sites (tertiary alicyclic amines) is 1. The highest BCUT2D eigenvalue weighted by Gasteiger charge is 2.44. The molecule has 1 rings (SSSR count). The van der Waals surface area contributed by atoms with Gasteiger partial charge in [0.2, 0.25) is 11.8 Å². The van der Waals surface area contributed by atoms with Gasteiger partial charge in [0.25, 0.3) is 0 Å². The van der Waals surface area contributed by atoms with Gasteiger partial charge in [-0.1, -0.05) is 41.5 Å². The van der Waals surface area contributed by atoms with E-state index in [9.17, 15) is 9.59 Å². The molecule has 2 amide bonds. The van der Waals surface area contributed by atoms with Gasteiger partial charge >= 0.3 is 0 Å². The molecule has 0 bridgehead atoms. The van der Waals surface area contributed by atoms with Gasteiger partial charge in [-0.3, -0.25) is 14.5 Å². The lowest BCUT2D eigenvalue weighted by atomic mass is 9.80. The number of hydrogen-bond donors (Lipinski definition) is 0. The Morgan fingerprint density at radius 1 is 1.12 bits per heavy atom. The van der Waals surface area contributed by atoms with Crippen molar-refractivity contribution in [3.05, 3.63) is 0 Å². The molecule has 1 saturated heterocycles. The minimum atomic E-state index is -0.144. The van der Waals surface area contributed by atoms with Gasteiger partial charge in [-0.2, -0.15) is 0 Å². The van der Waals surface area contributed by atoms with E-state index >= 15 is 0 Å². The monoisotopic (exact) mass is 239 g/mol. The van der Waals surface area contributed by atoms with E-state index < -0.39 is 0 Å². The third-order valence-corrected chi connectivity index (χ3v) is 3.37. The topological polar surface area (TPSA) is 37.4 Å². The maximum atomic E-state index is 12.2. The van der Waals surface area contributed by atoms with E-state index in [0.717, 1.165) is 6.42 Å². The summed E-state index contributed by atoms with van der Waals surface area (Å²) in [5, 5.41) is 0. The molecule has 3 nitrogen and oxygen atoms in total. The molecule has 0 aromatic rings. The standard InChI is InChI=1S/C14H25NO2/c1-13(2,3)7-8-15-11(16)9-10(12(15)17)14(4,5)6/h10H,7-9H2,1-6H3. The van der Waals surface area contributed by atoms with Crippen molar-refractivity contribution in [3.63, 3.8) is 0 Å². The van der Waals surface area contributed by atoms with Crippen LogP contribution in [0.3, 0.4) is 0 Å². The minimum Gasteiger partial charge on any atom is -0.282 e. The van der Waals surface area contributed by atoms with Crippen LogP contribution in [-0.4, -0.2) is 23.3 Å². The third-order valence-electron chi connectivity index (χ3n) is 3.37. The van der Waals surface area contributed by atoms with Gasteiger partial charge in [0.15, 0.2) is 0 Å². The Morgan fingerprint density at radius 3 is 2.00 bits per heavy atom. The average molecular weight is 239 g/mol. The molecule has 0 aromatic carbocycles. The molecule has 1 atom stereocenters. The summed E-state index contributed by atoms with van der Waals surface area (Å²) in [5.74, 6) is -0.124. The van der Waals surface area contributed by atoms with Crippen molar-refractivity contribution < 1.29 is 9.59 Å². The Morgan fingerprint density at radius 2 is 1.65 bits per heavy atom. The summed E-state index contributed by atoms with van der Waals surface area (Å²) in [5.41, 5.74) is 0.0314. The molecule has 1 heterocycles. The Balaban J connectivity index is 2.70. The lowest BCUT2D eigenvalue weighted by Gasteiger charge is -2.26. The first-order valence-electron chi connectivity index (χ1n) is 6.36. The molecule has 0 aromatic heterocycles. The van der Waals surface area contributed by atoms with Crippen LogP contribution >= 0.6 is 0 Å². The fourth-order valence-corrected chi connectivity index (χ4v) is 2.04. The molecule has 98 valence electrons. The van der Waals surface area contributed by atoms with E-state index in [0.29, 0.717) is 13.0 Å². The Hall–Kier alpha value is -0.860. The predicted octanol–water partition coefficient (Wildman–Crippen LogP) is 2.84. The van der Waals surface area contributed by atoms with Gasteiger partial charge in [0, 0.05) is 13.0 Å². The number of nitrogens with zero attached hydrogens (tertiary/aromatic N) is 1. The lowest BCUT2D eigenvalue weighted by Crippen LogP contribution is -2.35. The van der Waals surface area contributed by atoms with Crippen molar-refractivity contribution in [1.82, 2.24) is 4.90 Å². The van der Waals surface area contributed by atoms with E-state index in [2.05, 4.69) is 20.8 Å². The van der Waals surface area contributed by atoms with Gasteiger partial charge in [-0.25, -0.2) is 0 Å². The van der Waals surface area contributed by atoms with Crippen molar-refractivity contribution in [2.75, 3.05) is 6.54 Å². The number of imide groups is 1. The summed E-state index contributed by atoms with van der Waals surface area (Å²) in [4.78, 5) is 25.5. The summed E-state index contributed by atoms with van der Waals surface area (Å²) < 4.78 is 0. The normalized spacial score (nSPS) is 22.5. The summed E-state index contributed by atoms with van der Waals surface area (Å²) >= 11 is 0. The molecule has 0 aliphatic carbocycles. The predicted molar refractivity (Wildman–Crippen MR) is 68.4 cm³/mol. The van der Waals surface area contributed by atoms with Gasteiger partial charge in [-0.15, -0.1) is 0 Å². The molecule has 17 heavy (non-hydrogen) atoms. The van der Waals surface area contributed by atoms with Crippen molar-refractivity contribution in [3.8, 4) is 0 Å². The zero-order chi connectivity index (χ0) is 13.4. The second kappa shape index (κ2) is 4.43. The van der Waals surface area contributed by atoms with Crippen LogP contribution in [-0.2, 0) is 9.59 Å². The number of carbonyl (C=O) groups is 2. The third kappa shape index (κ3) is 3.55. The summed E-state index contributed by atoms with van der Waals surface area (Å²) in [6, 6.07) is 0. The minimum absolute atomic E-state index is 0.000764. The molecule has 0 N–H and O–H groups in total. The number of hydrogen-bond acceptors (Lipinski definition) is 2. The molecule has 0 spiro atoms. The first-order chi connectivity index (χ1) is 7.52. The Bertz CT molecular complexity index is 320. The van der Waals surface area contributed by atoms with Crippen molar-refractivity contribution in [1.29, 1.82) is 0 Å². The zero-order valence-electron chi connectivity index (χ0n) is 12.0. The molecule has 0 radical (unpaired) electrons.